The van der Waals surface area contributed by atoms with E-state index in [1.54, 1.807) is 12.1 Å². The van der Waals surface area contributed by atoms with Gasteiger partial charge in [-0.3, -0.25) is 4.90 Å². The minimum Gasteiger partial charge on any atom is -0.478 e. The first-order valence-corrected chi connectivity index (χ1v) is 9.75. The molecule has 2 N–H and O–H groups in total. The topological polar surface area (TPSA) is 55.8 Å². The minimum absolute atomic E-state index is 0.329. The molecule has 1 heterocycles. The molecular formula is C21H26ClN3O2. The molecule has 5 nitrogen and oxygen atoms in total. The maximum atomic E-state index is 10.8. The third-order valence-corrected chi connectivity index (χ3v) is 5.14. The normalized spacial score (nSPS) is 15.1. The van der Waals surface area contributed by atoms with Crippen LogP contribution in [0.5, 0.6) is 0 Å². The molecule has 0 atom stereocenters. The zero-order valence-electron chi connectivity index (χ0n) is 15.4. The van der Waals surface area contributed by atoms with Crippen LogP contribution in [0, 0.1) is 0 Å². The molecule has 1 saturated heterocycles. The van der Waals surface area contributed by atoms with E-state index < -0.39 is 5.97 Å². The standard InChI is InChI=1S/C21H26ClN3O2/c22-19-3-1-4-20(15-19)25-13-11-24(12-14-25)10-2-9-23-16-17-5-7-18(8-6-17)21(26)27/h1,3-8,15,23H,2,9-14,16H2,(H,26,27). The summed E-state index contributed by atoms with van der Waals surface area (Å²) in [5.41, 5.74) is 2.64. The Hall–Kier alpha value is -2.08. The van der Waals surface area contributed by atoms with E-state index in [0.29, 0.717) is 5.56 Å². The van der Waals surface area contributed by atoms with Crippen molar-refractivity contribution in [2.45, 2.75) is 13.0 Å². The molecule has 1 fully saturated rings. The number of carbonyl (C=O) groups is 1. The lowest BCUT2D eigenvalue weighted by Crippen LogP contribution is -2.47. The molecule has 0 spiro atoms. The molecule has 0 bridgehead atoms. The van der Waals surface area contributed by atoms with E-state index in [0.717, 1.165) is 62.8 Å². The van der Waals surface area contributed by atoms with Crippen LogP contribution in [0.1, 0.15) is 22.3 Å². The van der Waals surface area contributed by atoms with E-state index in [1.807, 2.05) is 30.3 Å². The third-order valence-electron chi connectivity index (χ3n) is 4.90. The second-order valence-corrected chi connectivity index (χ2v) is 7.28. The Morgan fingerprint density at radius 3 is 2.48 bits per heavy atom. The maximum Gasteiger partial charge on any atom is 0.335 e. The number of hydrogen-bond donors (Lipinski definition) is 2. The second-order valence-electron chi connectivity index (χ2n) is 6.84. The van der Waals surface area contributed by atoms with E-state index >= 15 is 0 Å². The van der Waals surface area contributed by atoms with Crippen molar-refractivity contribution in [3.8, 4) is 0 Å². The predicted octanol–water partition coefficient (Wildman–Crippen LogP) is 3.34. The van der Waals surface area contributed by atoms with Gasteiger partial charge < -0.3 is 15.3 Å². The largest absolute Gasteiger partial charge is 0.478 e. The van der Waals surface area contributed by atoms with Gasteiger partial charge in [0.1, 0.15) is 0 Å². The van der Waals surface area contributed by atoms with Crippen molar-refractivity contribution in [3.05, 3.63) is 64.7 Å². The Kier molecular flexibility index (Phi) is 7.10. The van der Waals surface area contributed by atoms with E-state index in [-0.39, 0.29) is 0 Å². The smallest absolute Gasteiger partial charge is 0.335 e. The van der Waals surface area contributed by atoms with Crippen LogP contribution in [-0.4, -0.2) is 55.2 Å². The Morgan fingerprint density at radius 2 is 1.81 bits per heavy atom. The highest BCUT2D eigenvalue weighted by Gasteiger charge is 2.16. The number of nitrogens with zero attached hydrogens (tertiary/aromatic N) is 2. The second kappa shape index (κ2) is 9.74. The van der Waals surface area contributed by atoms with Crippen molar-refractivity contribution >= 4 is 23.3 Å². The van der Waals surface area contributed by atoms with E-state index in [1.165, 1.54) is 5.69 Å². The number of halogens is 1. The molecule has 27 heavy (non-hydrogen) atoms. The Morgan fingerprint density at radius 1 is 1.07 bits per heavy atom. The highest BCUT2D eigenvalue weighted by Crippen LogP contribution is 2.20. The van der Waals surface area contributed by atoms with E-state index in [4.69, 9.17) is 16.7 Å². The number of carboxylic acid groups (broad SMARTS) is 1. The molecule has 1 aliphatic heterocycles. The average molecular weight is 388 g/mol. The fourth-order valence-electron chi connectivity index (χ4n) is 3.33. The zero-order chi connectivity index (χ0) is 19.1. The van der Waals surface area contributed by atoms with Crippen molar-refractivity contribution in [2.24, 2.45) is 0 Å². The molecule has 0 aromatic heterocycles. The average Bonchev–Trinajstić information content (AvgIpc) is 2.68. The molecule has 3 rings (SSSR count). The van der Waals surface area contributed by atoms with Gasteiger partial charge in [0.05, 0.1) is 5.56 Å². The number of anilines is 1. The van der Waals surface area contributed by atoms with Gasteiger partial charge in [-0.25, -0.2) is 4.79 Å². The van der Waals surface area contributed by atoms with Gasteiger partial charge in [0, 0.05) is 43.4 Å². The summed E-state index contributed by atoms with van der Waals surface area (Å²) in [7, 11) is 0. The summed E-state index contributed by atoms with van der Waals surface area (Å²) in [6.45, 7) is 7.02. The van der Waals surface area contributed by atoms with Gasteiger partial charge in [0.2, 0.25) is 0 Å². The van der Waals surface area contributed by atoms with Crippen LogP contribution in [0.3, 0.4) is 0 Å². The Labute approximate surface area is 165 Å². The third kappa shape index (κ3) is 5.96. The minimum atomic E-state index is -0.884. The number of nitrogens with one attached hydrogen (secondary N) is 1. The number of benzene rings is 2. The summed E-state index contributed by atoms with van der Waals surface area (Å²) in [5, 5.41) is 13.1. The summed E-state index contributed by atoms with van der Waals surface area (Å²) in [5.74, 6) is -0.884. The highest BCUT2D eigenvalue weighted by molar-refractivity contribution is 6.30. The first-order chi connectivity index (χ1) is 13.1. The van der Waals surface area contributed by atoms with Crippen molar-refractivity contribution in [1.29, 1.82) is 0 Å². The van der Waals surface area contributed by atoms with Gasteiger partial charge in [-0.2, -0.15) is 0 Å². The lowest BCUT2D eigenvalue weighted by molar-refractivity contribution is 0.0697. The van der Waals surface area contributed by atoms with Crippen molar-refractivity contribution < 1.29 is 9.90 Å². The highest BCUT2D eigenvalue weighted by atomic mass is 35.5. The molecule has 0 aliphatic carbocycles. The van der Waals surface area contributed by atoms with Crippen LogP contribution in [0.25, 0.3) is 0 Å². The summed E-state index contributed by atoms with van der Waals surface area (Å²) in [6.07, 6.45) is 1.10. The van der Waals surface area contributed by atoms with Gasteiger partial charge in [-0.1, -0.05) is 29.8 Å². The van der Waals surface area contributed by atoms with Crippen LogP contribution in [0.4, 0.5) is 5.69 Å². The number of hydrogen-bond acceptors (Lipinski definition) is 4. The molecule has 0 amide bonds. The number of piperazine rings is 1. The molecule has 0 radical (unpaired) electrons. The molecule has 1 aliphatic rings. The van der Waals surface area contributed by atoms with Crippen LogP contribution >= 0.6 is 11.6 Å². The lowest BCUT2D eigenvalue weighted by Gasteiger charge is -2.36. The fraction of sp³-hybridized carbons (Fsp3) is 0.381. The lowest BCUT2D eigenvalue weighted by atomic mass is 10.1. The maximum absolute atomic E-state index is 10.8. The van der Waals surface area contributed by atoms with Crippen molar-refractivity contribution in [1.82, 2.24) is 10.2 Å². The molecule has 6 heteroatoms. The first kappa shape index (κ1) is 19.7. The molecular weight excluding hydrogens is 362 g/mol. The zero-order valence-corrected chi connectivity index (χ0v) is 16.2. The Balaban J connectivity index is 1.31. The van der Waals surface area contributed by atoms with E-state index in [2.05, 4.69) is 21.2 Å². The molecule has 2 aromatic rings. The number of aromatic carboxylic acids is 1. The summed E-state index contributed by atoms with van der Waals surface area (Å²) in [4.78, 5) is 15.7. The quantitative estimate of drug-likeness (QED) is 0.680. The number of rotatable bonds is 8. The van der Waals surface area contributed by atoms with Crippen molar-refractivity contribution in [3.63, 3.8) is 0 Å². The summed E-state index contributed by atoms with van der Waals surface area (Å²) in [6, 6.07) is 15.1. The molecule has 0 unspecified atom stereocenters. The van der Waals surface area contributed by atoms with Gasteiger partial charge in [0.25, 0.3) is 0 Å². The predicted molar refractivity (Wildman–Crippen MR) is 110 cm³/mol. The van der Waals surface area contributed by atoms with E-state index in [9.17, 15) is 4.79 Å². The van der Waals surface area contributed by atoms with Crippen LogP contribution in [0.15, 0.2) is 48.5 Å². The number of carboxylic acids is 1. The van der Waals surface area contributed by atoms with Gasteiger partial charge in [-0.05, 0) is 55.4 Å². The monoisotopic (exact) mass is 387 g/mol. The summed E-state index contributed by atoms with van der Waals surface area (Å²) < 4.78 is 0. The fourth-order valence-corrected chi connectivity index (χ4v) is 3.51. The van der Waals surface area contributed by atoms with Gasteiger partial charge >= 0.3 is 5.97 Å². The van der Waals surface area contributed by atoms with Gasteiger partial charge in [0.15, 0.2) is 0 Å². The van der Waals surface area contributed by atoms with Crippen molar-refractivity contribution in [2.75, 3.05) is 44.2 Å². The SMILES string of the molecule is O=C(O)c1ccc(CNCCCN2CCN(c3cccc(Cl)c3)CC2)cc1. The molecule has 2 aromatic carbocycles. The molecule has 144 valence electrons. The van der Waals surface area contributed by atoms with Crippen LogP contribution in [0.2, 0.25) is 5.02 Å². The van der Waals surface area contributed by atoms with Crippen LogP contribution in [-0.2, 0) is 6.54 Å². The van der Waals surface area contributed by atoms with Gasteiger partial charge in [-0.15, -0.1) is 0 Å². The molecule has 0 saturated carbocycles. The van der Waals surface area contributed by atoms with Crippen LogP contribution < -0.4 is 10.2 Å². The summed E-state index contributed by atoms with van der Waals surface area (Å²) >= 11 is 6.09. The first-order valence-electron chi connectivity index (χ1n) is 9.37. The Bertz CT molecular complexity index is 743.